The highest BCUT2D eigenvalue weighted by Gasteiger charge is 2.04. The van der Waals surface area contributed by atoms with Gasteiger partial charge in [0.05, 0.1) is 33.4 Å². The summed E-state index contributed by atoms with van der Waals surface area (Å²) in [6.07, 6.45) is 0. The summed E-state index contributed by atoms with van der Waals surface area (Å²) in [7, 11) is 0. The summed E-state index contributed by atoms with van der Waals surface area (Å²) >= 11 is 0. The van der Waals surface area contributed by atoms with Gasteiger partial charge in [-0.2, -0.15) is 0 Å². The number of fused-ring (bicyclic) bond motifs is 2. The topological polar surface area (TPSA) is 77.8 Å². The zero-order chi connectivity index (χ0) is 11.1. The number of nitrogens with two attached hydrogens (primary N) is 2. The van der Waals surface area contributed by atoms with Crippen LogP contribution in [0, 0.1) is 6.07 Å². The third kappa shape index (κ3) is 1.24. The molecule has 4 nitrogen and oxygen atoms in total. The molecule has 77 valence electrons. The SMILES string of the molecule is Nc1[c]c2nc3ccccc3nc2cc1N. The lowest BCUT2D eigenvalue weighted by molar-refractivity contribution is 1.39. The summed E-state index contributed by atoms with van der Waals surface area (Å²) in [5.41, 5.74) is 15.3. The van der Waals surface area contributed by atoms with Crippen molar-refractivity contribution < 1.29 is 0 Å². The van der Waals surface area contributed by atoms with E-state index in [0.29, 0.717) is 22.4 Å². The lowest BCUT2D eigenvalue weighted by Crippen LogP contribution is -1.96. The molecule has 0 saturated carbocycles. The maximum atomic E-state index is 5.71. The highest BCUT2D eigenvalue weighted by atomic mass is 14.8. The smallest absolute Gasteiger partial charge is 0.0996 e. The summed E-state index contributed by atoms with van der Waals surface area (Å²) in [4.78, 5) is 8.88. The molecule has 0 unspecified atom stereocenters. The maximum Gasteiger partial charge on any atom is 0.0996 e. The van der Waals surface area contributed by atoms with Gasteiger partial charge in [-0.15, -0.1) is 0 Å². The van der Waals surface area contributed by atoms with Gasteiger partial charge in [0.15, 0.2) is 0 Å². The zero-order valence-electron chi connectivity index (χ0n) is 8.44. The van der Waals surface area contributed by atoms with Gasteiger partial charge in [-0.3, -0.25) is 0 Å². The monoisotopic (exact) mass is 209 g/mol. The number of nitrogens with zero attached hydrogens (tertiary/aromatic N) is 2. The van der Waals surface area contributed by atoms with Gasteiger partial charge in [0, 0.05) is 6.07 Å². The van der Waals surface area contributed by atoms with Crippen LogP contribution in [0.1, 0.15) is 0 Å². The van der Waals surface area contributed by atoms with Crippen LogP contribution in [0.3, 0.4) is 0 Å². The highest BCUT2D eigenvalue weighted by Crippen LogP contribution is 2.22. The van der Waals surface area contributed by atoms with Crippen molar-refractivity contribution in [3.63, 3.8) is 0 Å². The Morgan fingerprint density at radius 2 is 1.62 bits per heavy atom. The first-order valence-corrected chi connectivity index (χ1v) is 4.88. The molecule has 3 rings (SSSR count). The molecule has 0 aliphatic heterocycles. The van der Waals surface area contributed by atoms with Gasteiger partial charge in [-0.25, -0.2) is 9.97 Å². The minimum Gasteiger partial charge on any atom is -0.397 e. The quantitative estimate of drug-likeness (QED) is 0.436. The first kappa shape index (κ1) is 8.91. The fourth-order valence-electron chi connectivity index (χ4n) is 1.63. The summed E-state index contributed by atoms with van der Waals surface area (Å²) in [6.45, 7) is 0. The Hall–Kier alpha value is -2.36. The Balaban J connectivity index is 2.46. The zero-order valence-corrected chi connectivity index (χ0v) is 8.44. The van der Waals surface area contributed by atoms with E-state index >= 15 is 0 Å². The van der Waals surface area contributed by atoms with Gasteiger partial charge < -0.3 is 11.5 Å². The number of benzene rings is 2. The summed E-state index contributed by atoms with van der Waals surface area (Å²) in [5, 5.41) is 0. The molecule has 0 amide bonds. The number of rotatable bonds is 0. The fourth-order valence-corrected chi connectivity index (χ4v) is 1.63. The van der Waals surface area contributed by atoms with Gasteiger partial charge in [0.1, 0.15) is 0 Å². The summed E-state index contributed by atoms with van der Waals surface area (Å²) in [5.74, 6) is 0. The number of hydrogen-bond acceptors (Lipinski definition) is 4. The average molecular weight is 209 g/mol. The van der Waals surface area contributed by atoms with E-state index in [9.17, 15) is 0 Å². The Bertz CT molecular complexity index is 631. The molecule has 0 aliphatic rings. The summed E-state index contributed by atoms with van der Waals surface area (Å²) in [6, 6.07) is 12.3. The molecular formula is C12H9N4. The highest BCUT2D eigenvalue weighted by molar-refractivity contribution is 5.90. The number of hydrogen-bond donors (Lipinski definition) is 2. The van der Waals surface area contributed by atoms with E-state index in [1.807, 2.05) is 24.3 Å². The molecular weight excluding hydrogens is 200 g/mol. The molecule has 1 heterocycles. The van der Waals surface area contributed by atoms with Crippen LogP contribution in [0.2, 0.25) is 0 Å². The third-order valence-corrected chi connectivity index (χ3v) is 2.45. The molecule has 1 aromatic heterocycles. The molecule has 4 heteroatoms. The van der Waals surface area contributed by atoms with Crippen molar-refractivity contribution in [2.24, 2.45) is 0 Å². The molecule has 3 aromatic rings. The second-order valence-electron chi connectivity index (χ2n) is 3.58. The van der Waals surface area contributed by atoms with Crippen LogP contribution in [0.15, 0.2) is 30.3 Å². The van der Waals surface area contributed by atoms with Crippen molar-refractivity contribution in [3.8, 4) is 0 Å². The predicted molar refractivity (Wildman–Crippen MR) is 64.7 cm³/mol. The standard InChI is InChI=1S/C12H9N4/c13-7-5-11-12(6-8(7)14)16-10-4-2-1-3-9(10)15-11/h1-5H,13-14H2. The first-order chi connectivity index (χ1) is 7.74. The van der Waals surface area contributed by atoms with Gasteiger partial charge in [0.25, 0.3) is 0 Å². The molecule has 0 aliphatic carbocycles. The minimum absolute atomic E-state index is 0.414. The van der Waals surface area contributed by atoms with E-state index in [-0.39, 0.29) is 0 Å². The largest absolute Gasteiger partial charge is 0.397 e. The first-order valence-electron chi connectivity index (χ1n) is 4.88. The lowest BCUT2D eigenvalue weighted by atomic mass is 10.2. The number of aromatic nitrogens is 2. The van der Waals surface area contributed by atoms with Crippen molar-refractivity contribution >= 4 is 33.4 Å². The molecule has 2 aromatic carbocycles. The van der Waals surface area contributed by atoms with E-state index in [2.05, 4.69) is 16.0 Å². The van der Waals surface area contributed by atoms with E-state index in [4.69, 9.17) is 11.5 Å². The minimum atomic E-state index is 0.414. The average Bonchev–Trinajstić information content (AvgIpc) is 2.28. The van der Waals surface area contributed by atoms with Crippen LogP contribution < -0.4 is 11.5 Å². The van der Waals surface area contributed by atoms with Crippen LogP contribution in [-0.2, 0) is 0 Å². The van der Waals surface area contributed by atoms with Crippen LogP contribution in [-0.4, -0.2) is 9.97 Å². The van der Waals surface area contributed by atoms with Crippen LogP contribution >= 0.6 is 0 Å². The molecule has 0 bridgehead atoms. The normalized spacial score (nSPS) is 11.0. The Morgan fingerprint density at radius 3 is 2.38 bits per heavy atom. The molecule has 4 N–H and O–H groups in total. The summed E-state index contributed by atoms with van der Waals surface area (Å²) < 4.78 is 0. The van der Waals surface area contributed by atoms with Crippen molar-refractivity contribution in [2.45, 2.75) is 0 Å². The fraction of sp³-hybridized carbons (Fsp3) is 0. The molecule has 16 heavy (non-hydrogen) atoms. The van der Waals surface area contributed by atoms with Crippen LogP contribution in [0.5, 0.6) is 0 Å². The van der Waals surface area contributed by atoms with Crippen LogP contribution in [0.25, 0.3) is 22.1 Å². The molecule has 0 atom stereocenters. The maximum absolute atomic E-state index is 5.71. The van der Waals surface area contributed by atoms with Crippen molar-refractivity contribution in [2.75, 3.05) is 11.5 Å². The van der Waals surface area contributed by atoms with E-state index in [0.717, 1.165) is 11.0 Å². The lowest BCUT2D eigenvalue weighted by Gasteiger charge is -2.03. The van der Waals surface area contributed by atoms with E-state index < -0.39 is 0 Å². The predicted octanol–water partition coefficient (Wildman–Crippen LogP) is 1.75. The van der Waals surface area contributed by atoms with Crippen molar-refractivity contribution in [3.05, 3.63) is 36.4 Å². The third-order valence-electron chi connectivity index (χ3n) is 2.45. The Labute approximate surface area is 91.9 Å². The molecule has 0 spiro atoms. The Kier molecular flexibility index (Phi) is 1.71. The Morgan fingerprint density at radius 1 is 0.938 bits per heavy atom. The van der Waals surface area contributed by atoms with Crippen molar-refractivity contribution in [1.29, 1.82) is 0 Å². The molecule has 0 saturated heterocycles. The van der Waals surface area contributed by atoms with E-state index in [1.54, 1.807) is 6.07 Å². The van der Waals surface area contributed by atoms with Gasteiger partial charge in [0.2, 0.25) is 0 Å². The number of para-hydroxylation sites is 2. The molecule has 0 fully saturated rings. The second kappa shape index (κ2) is 3.06. The van der Waals surface area contributed by atoms with Gasteiger partial charge in [-0.1, -0.05) is 12.1 Å². The van der Waals surface area contributed by atoms with Gasteiger partial charge >= 0.3 is 0 Å². The number of nitrogen functional groups attached to an aromatic ring is 2. The van der Waals surface area contributed by atoms with Gasteiger partial charge in [-0.05, 0) is 18.2 Å². The molecule has 1 radical (unpaired) electrons. The van der Waals surface area contributed by atoms with E-state index in [1.165, 1.54) is 0 Å². The van der Waals surface area contributed by atoms with Crippen LogP contribution in [0.4, 0.5) is 11.4 Å². The number of anilines is 2. The van der Waals surface area contributed by atoms with Crippen molar-refractivity contribution in [1.82, 2.24) is 9.97 Å². The second-order valence-corrected chi connectivity index (χ2v) is 3.58.